The standard InChI is InChI=1S/C22H26N2O2S/c1-22(2,18-7-4-3-5-8-18)19-12-10-17(11-13-19)20-9-6-14-24-15-16-27(25,26)23-21(20)24/h3-5,7-8,10-13,20H,6,9,14-16H2,1-2H3. The van der Waals surface area contributed by atoms with E-state index in [1.165, 1.54) is 11.1 Å². The highest BCUT2D eigenvalue weighted by atomic mass is 32.2. The maximum Gasteiger partial charge on any atom is 0.256 e. The molecule has 1 atom stereocenters. The normalized spacial score (nSPS) is 22.1. The fourth-order valence-electron chi connectivity index (χ4n) is 4.18. The van der Waals surface area contributed by atoms with Crippen LogP contribution in [0, 0.1) is 0 Å². The van der Waals surface area contributed by atoms with Gasteiger partial charge >= 0.3 is 0 Å². The van der Waals surface area contributed by atoms with E-state index in [0.717, 1.165) is 30.8 Å². The van der Waals surface area contributed by atoms with Gasteiger partial charge in [-0.3, -0.25) is 0 Å². The SMILES string of the molecule is CC(C)(c1ccccc1)c1ccc(C2CCCN3CCS(=O)(=O)N=C23)cc1. The van der Waals surface area contributed by atoms with Crippen molar-refractivity contribution in [1.29, 1.82) is 0 Å². The van der Waals surface area contributed by atoms with Crippen molar-refractivity contribution in [3.63, 3.8) is 0 Å². The van der Waals surface area contributed by atoms with Crippen LogP contribution in [-0.4, -0.2) is 38.0 Å². The Morgan fingerprint density at radius 3 is 2.33 bits per heavy atom. The lowest BCUT2D eigenvalue weighted by molar-refractivity contribution is 0.366. The van der Waals surface area contributed by atoms with Crippen molar-refractivity contribution in [1.82, 2.24) is 4.90 Å². The van der Waals surface area contributed by atoms with E-state index in [-0.39, 0.29) is 17.1 Å². The lowest BCUT2D eigenvalue weighted by Gasteiger charge is -2.38. The molecule has 27 heavy (non-hydrogen) atoms. The topological polar surface area (TPSA) is 49.7 Å². The fraction of sp³-hybridized carbons (Fsp3) is 0.409. The predicted molar refractivity (Wildman–Crippen MR) is 110 cm³/mol. The van der Waals surface area contributed by atoms with Gasteiger partial charge in [-0.1, -0.05) is 68.4 Å². The van der Waals surface area contributed by atoms with E-state index in [1.54, 1.807) is 0 Å². The third kappa shape index (κ3) is 3.53. The summed E-state index contributed by atoms with van der Waals surface area (Å²) < 4.78 is 28.1. The molecule has 1 fully saturated rings. The number of nitrogens with zero attached hydrogens (tertiary/aromatic N) is 2. The lowest BCUT2D eigenvalue weighted by Crippen LogP contribution is -2.46. The molecule has 1 saturated heterocycles. The van der Waals surface area contributed by atoms with Crippen LogP contribution in [0.3, 0.4) is 0 Å². The van der Waals surface area contributed by atoms with Crippen molar-refractivity contribution >= 4 is 15.9 Å². The Balaban J connectivity index is 1.65. The zero-order chi connectivity index (χ0) is 19.1. The molecule has 2 aromatic rings. The molecule has 0 saturated carbocycles. The number of fused-ring (bicyclic) bond motifs is 1. The average Bonchev–Trinajstić information content (AvgIpc) is 2.68. The Morgan fingerprint density at radius 2 is 1.63 bits per heavy atom. The minimum atomic E-state index is -3.32. The van der Waals surface area contributed by atoms with E-state index in [1.807, 2.05) is 6.07 Å². The lowest BCUT2D eigenvalue weighted by atomic mass is 9.77. The molecular weight excluding hydrogens is 356 g/mol. The zero-order valence-electron chi connectivity index (χ0n) is 15.9. The first-order valence-electron chi connectivity index (χ1n) is 9.60. The molecule has 0 bridgehead atoms. The Hall–Kier alpha value is -2.14. The number of hydrogen-bond donors (Lipinski definition) is 0. The van der Waals surface area contributed by atoms with E-state index >= 15 is 0 Å². The first-order chi connectivity index (χ1) is 12.9. The maximum absolute atomic E-state index is 12.0. The van der Waals surface area contributed by atoms with Crippen LogP contribution in [0.5, 0.6) is 0 Å². The van der Waals surface area contributed by atoms with Gasteiger partial charge in [0.05, 0.1) is 5.75 Å². The summed E-state index contributed by atoms with van der Waals surface area (Å²) in [6.45, 7) is 5.94. The van der Waals surface area contributed by atoms with Crippen LogP contribution < -0.4 is 0 Å². The average molecular weight is 383 g/mol. The Kier molecular flexibility index (Phi) is 4.58. The van der Waals surface area contributed by atoms with Gasteiger partial charge in [-0.25, -0.2) is 8.42 Å². The van der Waals surface area contributed by atoms with Crippen LogP contribution in [0.1, 0.15) is 49.3 Å². The summed E-state index contributed by atoms with van der Waals surface area (Å²) >= 11 is 0. The van der Waals surface area contributed by atoms with Crippen LogP contribution >= 0.6 is 0 Å². The van der Waals surface area contributed by atoms with Gasteiger partial charge in [0.2, 0.25) is 0 Å². The highest BCUT2D eigenvalue weighted by Gasteiger charge is 2.33. The van der Waals surface area contributed by atoms with Gasteiger partial charge in [-0.2, -0.15) is 0 Å². The number of rotatable bonds is 3. The molecule has 0 aliphatic carbocycles. The van der Waals surface area contributed by atoms with E-state index < -0.39 is 10.0 Å². The van der Waals surface area contributed by atoms with Crippen LogP contribution in [0.2, 0.25) is 0 Å². The molecule has 0 spiro atoms. The molecule has 142 valence electrons. The van der Waals surface area contributed by atoms with Gasteiger partial charge in [-0.15, -0.1) is 4.40 Å². The van der Waals surface area contributed by atoms with E-state index in [4.69, 9.17) is 0 Å². The highest BCUT2D eigenvalue weighted by molar-refractivity contribution is 7.90. The largest absolute Gasteiger partial charge is 0.358 e. The summed E-state index contributed by atoms with van der Waals surface area (Å²) in [6.07, 6.45) is 2.02. The molecule has 0 aromatic heterocycles. The first-order valence-corrected chi connectivity index (χ1v) is 11.2. The molecule has 4 nitrogen and oxygen atoms in total. The van der Waals surface area contributed by atoms with Gasteiger partial charge in [0.1, 0.15) is 5.84 Å². The molecule has 0 radical (unpaired) electrons. The number of piperidine rings is 1. The number of sulfonamides is 1. The third-order valence-corrected chi connectivity index (χ3v) is 7.10. The van der Waals surface area contributed by atoms with Gasteiger partial charge < -0.3 is 4.90 Å². The van der Waals surface area contributed by atoms with E-state index in [2.05, 4.69) is 71.7 Å². The maximum atomic E-state index is 12.0. The second-order valence-electron chi connectivity index (χ2n) is 8.03. The molecule has 2 aromatic carbocycles. The molecule has 2 heterocycles. The van der Waals surface area contributed by atoms with E-state index in [9.17, 15) is 8.42 Å². The summed E-state index contributed by atoms with van der Waals surface area (Å²) in [5.74, 6) is 0.943. The summed E-state index contributed by atoms with van der Waals surface area (Å²) in [5, 5.41) is 0. The van der Waals surface area contributed by atoms with Crippen molar-refractivity contribution in [2.24, 2.45) is 4.40 Å². The fourth-order valence-corrected chi connectivity index (χ4v) is 5.25. The minimum Gasteiger partial charge on any atom is -0.358 e. The van der Waals surface area contributed by atoms with Gasteiger partial charge in [0, 0.05) is 24.4 Å². The van der Waals surface area contributed by atoms with Crippen LogP contribution in [0.25, 0.3) is 0 Å². The minimum absolute atomic E-state index is 0.0720. The molecule has 2 aliphatic heterocycles. The number of benzene rings is 2. The summed E-state index contributed by atoms with van der Waals surface area (Å²) in [4.78, 5) is 2.15. The van der Waals surface area contributed by atoms with Crippen molar-refractivity contribution in [3.05, 3.63) is 71.3 Å². The zero-order valence-corrected chi connectivity index (χ0v) is 16.7. The second kappa shape index (κ2) is 6.79. The van der Waals surface area contributed by atoms with Crippen molar-refractivity contribution in [3.8, 4) is 0 Å². The summed E-state index contributed by atoms with van der Waals surface area (Å²) in [7, 11) is -3.32. The van der Waals surface area contributed by atoms with Crippen LogP contribution in [0.15, 0.2) is 59.0 Å². The third-order valence-electron chi connectivity index (χ3n) is 5.94. The predicted octanol–water partition coefficient (Wildman–Crippen LogP) is 3.93. The molecule has 2 aliphatic rings. The van der Waals surface area contributed by atoms with Crippen molar-refractivity contribution in [2.45, 2.75) is 38.0 Å². The number of amidine groups is 1. The van der Waals surface area contributed by atoms with Gasteiger partial charge in [-0.05, 0) is 29.5 Å². The van der Waals surface area contributed by atoms with Crippen LogP contribution in [0.4, 0.5) is 0 Å². The molecule has 5 heteroatoms. The first kappa shape index (κ1) is 18.2. The smallest absolute Gasteiger partial charge is 0.256 e. The highest BCUT2D eigenvalue weighted by Crippen LogP contribution is 2.35. The van der Waals surface area contributed by atoms with Gasteiger partial charge in [0.15, 0.2) is 0 Å². The monoisotopic (exact) mass is 382 g/mol. The molecule has 1 unspecified atom stereocenters. The molecule has 4 rings (SSSR count). The summed E-state index contributed by atoms with van der Waals surface area (Å²) in [6, 6.07) is 19.2. The van der Waals surface area contributed by atoms with Crippen molar-refractivity contribution in [2.75, 3.05) is 18.8 Å². The van der Waals surface area contributed by atoms with Crippen molar-refractivity contribution < 1.29 is 8.42 Å². The molecular formula is C22H26N2O2S. The molecule has 0 amide bonds. The summed E-state index contributed by atoms with van der Waals surface area (Å²) in [5.41, 5.74) is 3.61. The van der Waals surface area contributed by atoms with Gasteiger partial charge in [0.25, 0.3) is 10.0 Å². The number of hydrogen-bond acceptors (Lipinski definition) is 3. The Bertz CT molecular complexity index is 948. The second-order valence-corrected chi connectivity index (χ2v) is 9.79. The Morgan fingerprint density at radius 1 is 0.963 bits per heavy atom. The quantitative estimate of drug-likeness (QED) is 0.808. The van der Waals surface area contributed by atoms with Crippen LogP contribution in [-0.2, 0) is 15.4 Å². The van der Waals surface area contributed by atoms with E-state index in [0.29, 0.717) is 6.54 Å². The Labute approximate surface area is 162 Å². The molecule has 0 N–H and O–H groups in total.